The molecule has 1 unspecified atom stereocenters. The summed E-state index contributed by atoms with van der Waals surface area (Å²) in [5.74, 6) is 0.668. The van der Waals surface area contributed by atoms with Gasteiger partial charge in [0.05, 0.1) is 11.3 Å². The van der Waals surface area contributed by atoms with E-state index in [9.17, 15) is 9.90 Å². The first kappa shape index (κ1) is 14.7. The first-order valence-electron chi connectivity index (χ1n) is 5.82. The number of benzene rings is 1. The second-order valence-corrected chi connectivity index (χ2v) is 5.28. The van der Waals surface area contributed by atoms with E-state index >= 15 is 0 Å². The van der Waals surface area contributed by atoms with Crippen LogP contribution in [0.2, 0.25) is 0 Å². The number of hydrogen-bond donors (Lipinski definition) is 2. The summed E-state index contributed by atoms with van der Waals surface area (Å²) >= 11 is 1.75. The molecule has 0 aliphatic heterocycles. The van der Waals surface area contributed by atoms with E-state index < -0.39 is 0 Å². The van der Waals surface area contributed by atoms with Crippen molar-refractivity contribution >= 4 is 23.4 Å². The molecule has 4 nitrogen and oxygen atoms in total. The Morgan fingerprint density at radius 3 is 2.83 bits per heavy atom. The molecule has 100 valence electrons. The van der Waals surface area contributed by atoms with Gasteiger partial charge in [0.2, 0.25) is 0 Å². The lowest BCUT2D eigenvalue weighted by molar-refractivity contribution is 0.0738. The lowest BCUT2D eigenvalue weighted by Gasteiger charge is -2.25. The third-order valence-electron chi connectivity index (χ3n) is 3.02. The number of carbonyl (C=O) groups is 1. The highest BCUT2D eigenvalue weighted by molar-refractivity contribution is 7.98. The van der Waals surface area contributed by atoms with E-state index in [4.69, 9.17) is 5.73 Å². The number of nitrogen functional groups attached to an aromatic ring is 1. The lowest BCUT2D eigenvalue weighted by Crippen LogP contribution is -2.35. The second kappa shape index (κ2) is 6.54. The number of phenols is 1. The predicted octanol–water partition coefficient (Wildman–Crippen LogP) is 2.19. The Kier molecular flexibility index (Phi) is 5.34. The molecule has 1 atom stereocenters. The molecule has 0 fully saturated rings. The zero-order valence-electron chi connectivity index (χ0n) is 11.0. The van der Waals surface area contributed by atoms with Gasteiger partial charge in [-0.1, -0.05) is 6.07 Å². The Hall–Kier alpha value is -1.36. The minimum atomic E-state index is -0.201. The van der Waals surface area contributed by atoms with Gasteiger partial charge in [-0.2, -0.15) is 11.8 Å². The summed E-state index contributed by atoms with van der Waals surface area (Å²) < 4.78 is 0. The summed E-state index contributed by atoms with van der Waals surface area (Å²) in [6.45, 7) is 2.00. The molecular weight excluding hydrogens is 248 g/mol. The van der Waals surface area contributed by atoms with Crippen LogP contribution in [0.4, 0.5) is 5.69 Å². The van der Waals surface area contributed by atoms with E-state index in [0.717, 1.165) is 12.2 Å². The number of para-hydroxylation sites is 1. The van der Waals surface area contributed by atoms with Crippen molar-refractivity contribution in [2.45, 2.75) is 19.4 Å². The van der Waals surface area contributed by atoms with Crippen molar-refractivity contribution in [3.63, 3.8) is 0 Å². The van der Waals surface area contributed by atoms with E-state index in [1.807, 2.05) is 13.2 Å². The number of nitrogens with two attached hydrogens (primary N) is 1. The molecule has 0 saturated heterocycles. The highest BCUT2D eigenvalue weighted by Gasteiger charge is 2.20. The van der Waals surface area contributed by atoms with Crippen molar-refractivity contribution in [1.82, 2.24) is 4.90 Å². The number of amides is 1. The Balaban J connectivity index is 2.83. The van der Waals surface area contributed by atoms with Crippen molar-refractivity contribution in [2.24, 2.45) is 0 Å². The van der Waals surface area contributed by atoms with Crippen LogP contribution in [0.5, 0.6) is 5.75 Å². The van der Waals surface area contributed by atoms with Gasteiger partial charge in [0.1, 0.15) is 0 Å². The first-order valence-corrected chi connectivity index (χ1v) is 7.22. The van der Waals surface area contributed by atoms with Gasteiger partial charge in [0, 0.05) is 13.1 Å². The normalized spacial score (nSPS) is 12.2. The molecule has 18 heavy (non-hydrogen) atoms. The van der Waals surface area contributed by atoms with Gasteiger partial charge in [-0.15, -0.1) is 0 Å². The summed E-state index contributed by atoms with van der Waals surface area (Å²) in [6, 6.07) is 4.96. The van der Waals surface area contributed by atoms with E-state index in [1.54, 1.807) is 41.9 Å². The number of aromatic hydroxyl groups is 1. The molecule has 0 aliphatic carbocycles. The summed E-state index contributed by atoms with van der Waals surface area (Å²) in [6.07, 6.45) is 2.96. The number of nitrogens with zero attached hydrogens (tertiary/aromatic N) is 1. The van der Waals surface area contributed by atoms with Crippen LogP contribution in [0.25, 0.3) is 0 Å². The molecule has 0 saturated carbocycles. The summed E-state index contributed by atoms with van der Waals surface area (Å²) in [5, 5.41) is 9.80. The molecule has 5 heteroatoms. The highest BCUT2D eigenvalue weighted by atomic mass is 32.2. The van der Waals surface area contributed by atoms with Gasteiger partial charge in [-0.3, -0.25) is 4.79 Å². The van der Waals surface area contributed by atoms with Gasteiger partial charge < -0.3 is 15.7 Å². The molecular formula is C13H20N2O2S. The number of anilines is 1. The zero-order valence-corrected chi connectivity index (χ0v) is 11.8. The molecule has 0 bridgehead atoms. The van der Waals surface area contributed by atoms with E-state index in [1.165, 1.54) is 0 Å². The largest absolute Gasteiger partial charge is 0.505 e. The van der Waals surface area contributed by atoms with Gasteiger partial charge in [0.15, 0.2) is 5.75 Å². The first-order chi connectivity index (χ1) is 8.49. The Bertz CT molecular complexity index is 423. The van der Waals surface area contributed by atoms with Crippen molar-refractivity contribution < 1.29 is 9.90 Å². The van der Waals surface area contributed by atoms with Crippen LogP contribution in [0.15, 0.2) is 18.2 Å². The van der Waals surface area contributed by atoms with Crippen LogP contribution in [0.1, 0.15) is 23.7 Å². The monoisotopic (exact) mass is 268 g/mol. The standard InChI is InChI=1S/C13H20N2O2S/c1-9(7-8-18-3)15(2)13(17)10-5-4-6-11(14)12(10)16/h4-6,9,16H,7-8,14H2,1-3H3. The van der Waals surface area contributed by atoms with Crippen LogP contribution in [-0.2, 0) is 0 Å². The third kappa shape index (κ3) is 3.32. The van der Waals surface area contributed by atoms with Crippen LogP contribution in [0.3, 0.4) is 0 Å². The maximum absolute atomic E-state index is 12.2. The molecule has 0 radical (unpaired) electrons. The van der Waals surface area contributed by atoms with Crippen molar-refractivity contribution in [1.29, 1.82) is 0 Å². The topological polar surface area (TPSA) is 66.6 Å². The van der Waals surface area contributed by atoms with Crippen molar-refractivity contribution in [2.75, 3.05) is 24.8 Å². The fourth-order valence-electron chi connectivity index (χ4n) is 1.61. The average molecular weight is 268 g/mol. The van der Waals surface area contributed by atoms with E-state index in [2.05, 4.69) is 0 Å². The number of phenolic OH excluding ortho intramolecular Hbond substituents is 1. The number of thioether (sulfide) groups is 1. The predicted molar refractivity (Wildman–Crippen MR) is 77.1 cm³/mol. The SMILES string of the molecule is CSCCC(C)N(C)C(=O)c1cccc(N)c1O. The van der Waals surface area contributed by atoms with Gasteiger partial charge in [-0.05, 0) is 37.5 Å². The minimum absolute atomic E-state index is 0.130. The second-order valence-electron chi connectivity index (χ2n) is 4.29. The molecule has 0 aliphatic rings. The Labute approximate surface area is 112 Å². The smallest absolute Gasteiger partial charge is 0.257 e. The summed E-state index contributed by atoms with van der Waals surface area (Å²) in [7, 11) is 1.75. The molecule has 1 rings (SSSR count). The van der Waals surface area contributed by atoms with Gasteiger partial charge in [0.25, 0.3) is 5.91 Å². The molecule has 0 aromatic heterocycles. The lowest BCUT2D eigenvalue weighted by atomic mass is 10.1. The summed E-state index contributed by atoms with van der Waals surface area (Å²) in [5.41, 5.74) is 6.08. The van der Waals surface area contributed by atoms with Crippen LogP contribution < -0.4 is 5.73 Å². The van der Waals surface area contributed by atoms with Crippen LogP contribution in [0, 0.1) is 0 Å². The molecule has 1 aromatic rings. The van der Waals surface area contributed by atoms with Crippen LogP contribution in [-0.4, -0.2) is 41.0 Å². The maximum Gasteiger partial charge on any atom is 0.257 e. The highest BCUT2D eigenvalue weighted by Crippen LogP contribution is 2.26. The van der Waals surface area contributed by atoms with Crippen LogP contribution >= 0.6 is 11.8 Å². The van der Waals surface area contributed by atoms with E-state index in [-0.39, 0.29) is 28.9 Å². The zero-order chi connectivity index (χ0) is 13.7. The fourth-order valence-corrected chi connectivity index (χ4v) is 2.18. The maximum atomic E-state index is 12.2. The van der Waals surface area contributed by atoms with Gasteiger partial charge in [-0.25, -0.2) is 0 Å². The molecule has 0 heterocycles. The van der Waals surface area contributed by atoms with Crippen molar-refractivity contribution in [3.05, 3.63) is 23.8 Å². The molecule has 1 aromatic carbocycles. The molecule has 3 N–H and O–H groups in total. The number of hydrogen-bond acceptors (Lipinski definition) is 4. The summed E-state index contributed by atoms with van der Waals surface area (Å²) in [4.78, 5) is 13.9. The number of carbonyl (C=O) groups excluding carboxylic acids is 1. The van der Waals surface area contributed by atoms with Crippen molar-refractivity contribution in [3.8, 4) is 5.75 Å². The average Bonchev–Trinajstić information content (AvgIpc) is 2.37. The molecule has 0 spiro atoms. The number of rotatable bonds is 5. The Morgan fingerprint density at radius 2 is 2.22 bits per heavy atom. The fraction of sp³-hybridized carbons (Fsp3) is 0.462. The quantitative estimate of drug-likeness (QED) is 0.634. The van der Waals surface area contributed by atoms with E-state index in [0.29, 0.717) is 0 Å². The molecule has 1 amide bonds. The minimum Gasteiger partial charge on any atom is -0.505 e. The van der Waals surface area contributed by atoms with Gasteiger partial charge >= 0.3 is 0 Å². The third-order valence-corrected chi connectivity index (χ3v) is 3.66. The Morgan fingerprint density at radius 1 is 1.56 bits per heavy atom.